The minimum atomic E-state index is -0.584. The van der Waals surface area contributed by atoms with Crippen LogP contribution in [0.5, 0.6) is 5.75 Å². The zero-order valence-corrected chi connectivity index (χ0v) is 16.7. The number of rotatable bonds is 6. The van der Waals surface area contributed by atoms with Gasteiger partial charge >= 0.3 is 0 Å². The molecule has 3 rings (SSSR count). The summed E-state index contributed by atoms with van der Waals surface area (Å²) in [5.41, 5.74) is 0.266. The van der Waals surface area contributed by atoms with Gasteiger partial charge in [-0.25, -0.2) is 4.39 Å². The highest BCUT2D eigenvalue weighted by atomic mass is 35.5. The number of hydrogen-bond acceptors (Lipinski definition) is 4. The molecule has 1 heterocycles. The number of likely N-dealkylation sites (N-methyl/N-ethyl adjacent to an activating group) is 1. The summed E-state index contributed by atoms with van der Waals surface area (Å²) in [4.78, 5) is 14.4. The summed E-state index contributed by atoms with van der Waals surface area (Å²) < 4.78 is 25.1. The van der Waals surface area contributed by atoms with Crippen LogP contribution in [0.25, 0.3) is 11.3 Å². The number of carbonyl (C=O) groups is 1. The normalized spacial score (nSPS) is 10.8. The molecule has 0 fully saturated rings. The fraction of sp³-hybridized carbons (Fsp3) is 0.200. The number of hydrogen-bond donors (Lipinski definition) is 0. The molecule has 0 saturated carbocycles. The van der Waals surface area contributed by atoms with Gasteiger partial charge in [-0.2, -0.15) is 0 Å². The van der Waals surface area contributed by atoms with Crippen LogP contribution in [0, 0.1) is 12.7 Å². The van der Waals surface area contributed by atoms with Gasteiger partial charge in [0.05, 0.1) is 22.2 Å². The van der Waals surface area contributed by atoms with E-state index < -0.39 is 5.82 Å². The lowest BCUT2D eigenvalue weighted by molar-refractivity contribution is 0.0772. The standard InChI is InChI=1S/C20H17Cl2FN2O3/c1-12-17(19(24-28-12)18-14(22)7-5-8-15(18)23)20(26)25(2)10-11-27-16-9-4-3-6-13(16)21/h3-9H,10-11H2,1-2H3. The largest absolute Gasteiger partial charge is 0.490 e. The van der Waals surface area contributed by atoms with Crippen LogP contribution in [0.1, 0.15) is 16.1 Å². The molecule has 0 spiro atoms. The highest BCUT2D eigenvalue weighted by Crippen LogP contribution is 2.34. The third-order valence-electron chi connectivity index (χ3n) is 4.14. The number of ether oxygens (including phenoxy) is 1. The van der Waals surface area contributed by atoms with Gasteiger partial charge in [0.15, 0.2) is 0 Å². The van der Waals surface area contributed by atoms with Crippen molar-refractivity contribution in [1.82, 2.24) is 10.1 Å². The number of carbonyl (C=O) groups excluding carboxylic acids is 1. The topological polar surface area (TPSA) is 55.6 Å². The van der Waals surface area contributed by atoms with Crippen molar-refractivity contribution in [1.29, 1.82) is 0 Å². The van der Waals surface area contributed by atoms with Gasteiger partial charge in [0.1, 0.15) is 35.2 Å². The zero-order valence-electron chi connectivity index (χ0n) is 15.2. The summed E-state index contributed by atoms with van der Waals surface area (Å²) in [6.07, 6.45) is 0. The maximum absolute atomic E-state index is 14.3. The van der Waals surface area contributed by atoms with Gasteiger partial charge in [0.25, 0.3) is 5.91 Å². The Morgan fingerprint density at radius 2 is 1.89 bits per heavy atom. The molecule has 146 valence electrons. The van der Waals surface area contributed by atoms with Crippen molar-refractivity contribution in [3.63, 3.8) is 0 Å². The molecule has 0 radical (unpaired) electrons. The van der Waals surface area contributed by atoms with Crippen molar-refractivity contribution in [2.24, 2.45) is 0 Å². The summed E-state index contributed by atoms with van der Waals surface area (Å²) in [7, 11) is 1.61. The van der Waals surface area contributed by atoms with Gasteiger partial charge in [0.2, 0.25) is 0 Å². The van der Waals surface area contributed by atoms with E-state index >= 15 is 0 Å². The number of benzene rings is 2. The third kappa shape index (κ3) is 4.13. The number of para-hydroxylation sites is 1. The lowest BCUT2D eigenvalue weighted by Crippen LogP contribution is -2.31. The molecule has 1 aromatic heterocycles. The van der Waals surface area contributed by atoms with E-state index in [4.69, 9.17) is 32.5 Å². The van der Waals surface area contributed by atoms with E-state index in [1.807, 2.05) is 0 Å². The third-order valence-corrected chi connectivity index (χ3v) is 4.77. The average Bonchev–Trinajstić information content (AvgIpc) is 3.03. The predicted octanol–water partition coefficient (Wildman–Crippen LogP) is 5.25. The molecule has 5 nitrogen and oxygen atoms in total. The van der Waals surface area contributed by atoms with Gasteiger partial charge in [-0.1, -0.05) is 46.6 Å². The van der Waals surface area contributed by atoms with Crippen LogP contribution in [-0.2, 0) is 0 Å². The highest BCUT2D eigenvalue weighted by Gasteiger charge is 2.27. The summed E-state index contributed by atoms with van der Waals surface area (Å²) in [6.45, 7) is 2.10. The number of nitrogens with zero attached hydrogens (tertiary/aromatic N) is 2. The van der Waals surface area contributed by atoms with E-state index in [2.05, 4.69) is 5.16 Å². The molecule has 0 saturated heterocycles. The lowest BCUT2D eigenvalue weighted by atomic mass is 10.0. The van der Waals surface area contributed by atoms with Crippen LogP contribution in [0.3, 0.4) is 0 Å². The minimum Gasteiger partial charge on any atom is -0.490 e. The Kier molecular flexibility index (Phi) is 6.21. The molecule has 0 N–H and O–H groups in total. The Labute approximate surface area is 171 Å². The van der Waals surface area contributed by atoms with Crippen LogP contribution < -0.4 is 4.74 Å². The van der Waals surface area contributed by atoms with Gasteiger partial charge in [-0.15, -0.1) is 0 Å². The van der Waals surface area contributed by atoms with Gasteiger partial charge in [-0.3, -0.25) is 4.79 Å². The van der Waals surface area contributed by atoms with Crippen molar-refractivity contribution in [2.75, 3.05) is 20.2 Å². The second kappa shape index (κ2) is 8.63. The van der Waals surface area contributed by atoms with Crippen LogP contribution >= 0.6 is 23.2 Å². The van der Waals surface area contributed by atoms with Crippen LogP contribution in [0.4, 0.5) is 4.39 Å². The zero-order chi connectivity index (χ0) is 20.3. The number of aryl methyl sites for hydroxylation is 1. The van der Waals surface area contributed by atoms with Crippen LogP contribution in [0.15, 0.2) is 47.0 Å². The maximum Gasteiger partial charge on any atom is 0.259 e. The SMILES string of the molecule is Cc1onc(-c2c(F)cccc2Cl)c1C(=O)N(C)CCOc1ccccc1Cl. The summed E-state index contributed by atoms with van der Waals surface area (Å²) in [5, 5.41) is 4.49. The average molecular weight is 423 g/mol. The molecule has 0 bridgehead atoms. The number of amides is 1. The van der Waals surface area contributed by atoms with Crippen LogP contribution in [0.2, 0.25) is 10.0 Å². The quantitative estimate of drug-likeness (QED) is 0.544. The summed E-state index contributed by atoms with van der Waals surface area (Å²) >= 11 is 12.2. The van der Waals surface area contributed by atoms with Crippen molar-refractivity contribution in [3.8, 4) is 17.0 Å². The first-order chi connectivity index (χ1) is 13.4. The molecule has 2 aromatic carbocycles. The Hall–Kier alpha value is -2.57. The molecule has 0 aliphatic rings. The molecule has 3 aromatic rings. The first kappa shape index (κ1) is 20.2. The smallest absolute Gasteiger partial charge is 0.259 e. The Balaban J connectivity index is 1.77. The highest BCUT2D eigenvalue weighted by molar-refractivity contribution is 6.33. The van der Waals surface area contributed by atoms with Gasteiger partial charge in [-0.05, 0) is 31.2 Å². The first-order valence-corrected chi connectivity index (χ1v) is 9.19. The van der Waals surface area contributed by atoms with Crippen molar-refractivity contribution in [2.45, 2.75) is 6.92 Å². The second-order valence-corrected chi connectivity index (χ2v) is 6.88. The van der Waals surface area contributed by atoms with E-state index in [1.165, 1.54) is 23.1 Å². The first-order valence-electron chi connectivity index (χ1n) is 8.43. The Morgan fingerprint density at radius 3 is 2.61 bits per heavy atom. The van der Waals surface area contributed by atoms with Gasteiger partial charge < -0.3 is 14.2 Å². The predicted molar refractivity (Wildman–Crippen MR) is 106 cm³/mol. The van der Waals surface area contributed by atoms with Crippen molar-refractivity contribution in [3.05, 3.63) is 69.7 Å². The number of aromatic nitrogens is 1. The monoisotopic (exact) mass is 422 g/mol. The fourth-order valence-electron chi connectivity index (χ4n) is 2.67. The molecule has 28 heavy (non-hydrogen) atoms. The molecule has 0 aliphatic carbocycles. The molecule has 8 heteroatoms. The Bertz CT molecular complexity index is 987. The van der Waals surface area contributed by atoms with Crippen LogP contribution in [-0.4, -0.2) is 36.2 Å². The lowest BCUT2D eigenvalue weighted by Gasteiger charge is -2.18. The molecule has 0 atom stereocenters. The summed E-state index contributed by atoms with van der Waals surface area (Å²) in [5.74, 6) is -0.154. The van der Waals surface area contributed by atoms with Crippen molar-refractivity contribution < 1.29 is 18.4 Å². The fourth-order valence-corrected chi connectivity index (χ4v) is 3.11. The minimum absolute atomic E-state index is 0.0325. The van der Waals surface area contributed by atoms with E-state index in [9.17, 15) is 9.18 Å². The Morgan fingerprint density at radius 1 is 1.18 bits per heavy atom. The second-order valence-electron chi connectivity index (χ2n) is 6.06. The molecule has 1 amide bonds. The van der Waals surface area contributed by atoms with E-state index in [0.29, 0.717) is 10.8 Å². The van der Waals surface area contributed by atoms with E-state index in [-0.39, 0.29) is 46.7 Å². The summed E-state index contributed by atoms with van der Waals surface area (Å²) in [6, 6.07) is 11.3. The molecule has 0 aliphatic heterocycles. The maximum atomic E-state index is 14.3. The molecular formula is C20H17Cl2FN2O3. The molecule has 0 unspecified atom stereocenters. The molecular weight excluding hydrogens is 406 g/mol. The van der Waals surface area contributed by atoms with E-state index in [0.717, 1.165) is 0 Å². The van der Waals surface area contributed by atoms with Gasteiger partial charge in [0, 0.05) is 7.05 Å². The van der Waals surface area contributed by atoms with Crippen molar-refractivity contribution >= 4 is 29.1 Å². The number of halogens is 3. The van der Waals surface area contributed by atoms with E-state index in [1.54, 1.807) is 38.2 Å².